The Morgan fingerprint density at radius 1 is 0.943 bits per heavy atom. The van der Waals surface area contributed by atoms with Gasteiger partial charge in [0.05, 0.1) is 25.7 Å². The molecule has 2 rings (SSSR count). The van der Waals surface area contributed by atoms with Crippen LogP contribution in [-0.4, -0.2) is 25.2 Å². The van der Waals surface area contributed by atoms with E-state index in [1.165, 1.54) is 11.6 Å². The number of rotatable bonds is 9. The van der Waals surface area contributed by atoms with Crippen molar-refractivity contribution < 1.29 is 19.1 Å². The van der Waals surface area contributed by atoms with Crippen LogP contribution in [0.5, 0.6) is 0 Å². The third-order valence-corrected chi connectivity index (χ3v) is 4.32. The number of hydrogen-bond donors (Lipinski definition) is 3. The maximum Gasteiger partial charge on any atom is 0.334 e. The van der Waals surface area contributed by atoms with Gasteiger partial charge in [-0.05, 0) is 45.7 Å². The molecular formula is C28H41N3O4. The lowest BCUT2D eigenvalue weighted by Crippen LogP contribution is -2.24. The third kappa shape index (κ3) is 16.6. The van der Waals surface area contributed by atoms with Gasteiger partial charge in [-0.1, -0.05) is 72.8 Å². The van der Waals surface area contributed by atoms with Gasteiger partial charge in [0, 0.05) is 12.1 Å². The molecule has 0 aliphatic heterocycles. The van der Waals surface area contributed by atoms with Crippen molar-refractivity contribution in [3.63, 3.8) is 0 Å². The van der Waals surface area contributed by atoms with Crippen LogP contribution in [0.3, 0.4) is 0 Å². The molecule has 35 heavy (non-hydrogen) atoms. The summed E-state index contributed by atoms with van der Waals surface area (Å²) in [5.41, 5.74) is 14.4. The average molecular weight is 484 g/mol. The van der Waals surface area contributed by atoms with E-state index in [-0.39, 0.29) is 18.1 Å². The molecule has 7 heteroatoms. The van der Waals surface area contributed by atoms with Crippen molar-refractivity contribution in [3.05, 3.63) is 95.8 Å². The Kier molecular flexibility index (Phi) is 16.9. The molecule has 0 saturated carbocycles. The molecule has 0 bridgehead atoms. The highest BCUT2D eigenvalue weighted by Crippen LogP contribution is 2.11. The van der Waals surface area contributed by atoms with Crippen LogP contribution in [0.15, 0.2) is 84.7 Å². The van der Waals surface area contributed by atoms with Gasteiger partial charge in [-0.2, -0.15) is 0 Å². The van der Waals surface area contributed by atoms with Crippen molar-refractivity contribution >= 4 is 11.9 Å². The maximum atomic E-state index is 11.2. The van der Waals surface area contributed by atoms with Crippen molar-refractivity contribution in [1.29, 1.82) is 0 Å². The lowest BCUT2D eigenvalue weighted by molar-refractivity contribution is -0.142. The minimum absolute atomic E-state index is 0.0434. The van der Waals surface area contributed by atoms with Gasteiger partial charge >= 0.3 is 11.9 Å². The van der Waals surface area contributed by atoms with Crippen LogP contribution in [0.2, 0.25) is 0 Å². The number of carbonyl (C=O) groups excluding carboxylic acids is 2. The highest BCUT2D eigenvalue weighted by atomic mass is 16.5. The molecule has 0 aliphatic carbocycles. The second-order valence-electron chi connectivity index (χ2n) is 7.77. The molecule has 2 aromatic rings. The monoisotopic (exact) mass is 483 g/mol. The Labute approximate surface area is 210 Å². The van der Waals surface area contributed by atoms with Crippen molar-refractivity contribution in [2.24, 2.45) is 11.5 Å². The molecule has 2 aromatic carbocycles. The summed E-state index contributed by atoms with van der Waals surface area (Å²) in [4.78, 5) is 21.7. The molecule has 0 spiro atoms. The number of ether oxygens (including phenoxy) is 2. The van der Waals surface area contributed by atoms with E-state index in [9.17, 15) is 9.59 Å². The van der Waals surface area contributed by atoms with Crippen LogP contribution >= 0.6 is 0 Å². The van der Waals surface area contributed by atoms with Crippen molar-refractivity contribution in [2.45, 2.75) is 53.1 Å². The lowest BCUT2D eigenvalue weighted by Gasteiger charge is -2.15. The van der Waals surface area contributed by atoms with Gasteiger partial charge < -0.3 is 26.3 Å². The van der Waals surface area contributed by atoms with Crippen LogP contribution in [0.4, 0.5) is 0 Å². The van der Waals surface area contributed by atoms with Crippen LogP contribution in [0.25, 0.3) is 0 Å². The summed E-state index contributed by atoms with van der Waals surface area (Å²) >= 11 is 0. The molecule has 2 atom stereocenters. The van der Waals surface area contributed by atoms with Gasteiger partial charge in [0.1, 0.15) is 5.82 Å². The van der Waals surface area contributed by atoms with Crippen molar-refractivity contribution in [1.82, 2.24) is 5.32 Å². The van der Waals surface area contributed by atoms with Crippen molar-refractivity contribution in [2.75, 3.05) is 13.2 Å². The molecule has 0 aliphatic rings. The number of hydrogen-bond acceptors (Lipinski definition) is 7. The summed E-state index contributed by atoms with van der Waals surface area (Å²) in [5, 5.41) is 3.02. The Hall–Kier alpha value is -3.58. The van der Waals surface area contributed by atoms with Gasteiger partial charge in [0.2, 0.25) is 0 Å². The first-order valence-electron chi connectivity index (χ1n) is 11.7. The molecule has 7 nitrogen and oxygen atoms in total. The summed E-state index contributed by atoms with van der Waals surface area (Å²) < 4.78 is 9.42. The van der Waals surface area contributed by atoms with E-state index in [0.717, 1.165) is 11.1 Å². The summed E-state index contributed by atoms with van der Waals surface area (Å²) in [5.74, 6) is -0.317. The Bertz CT molecular complexity index is 897. The second-order valence-corrected chi connectivity index (χ2v) is 7.77. The summed E-state index contributed by atoms with van der Waals surface area (Å²) in [6.07, 6.45) is 1.59. The zero-order chi connectivity index (χ0) is 26.6. The minimum atomic E-state index is -0.433. The fraction of sp³-hybridized carbons (Fsp3) is 0.357. The molecule has 0 amide bonds. The van der Waals surface area contributed by atoms with E-state index in [4.69, 9.17) is 16.2 Å². The molecule has 0 fully saturated rings. The van der Waals surface area contributed by atoms with Gasteiger partial charge in [0.15, 0.2) is 0 Å². The Morgan fingerprint density at radius 3 is 1.83 bits per heavy atom. The fourth-order valence-corrected chi connectivity index (χ4v) is 2.64. The minimum Gasteiger partial charge on any atom is -0.466 e. The molecule has 0 unspecified atom stereocenters. The molecule has 0 saturated heterocycles. The first kappa shape index (κ1) is 31.4. The number of nitrogens with two attached hydrogens (primary N) is 2. The third-order valence-electron chi connectivity index (χ3n) is 4.32. The van der Waals surface area contributed by atoms with Crippen LogP contribution < -0.4 is 16.8 Å². The van der Waals surface area contributed by atoms with E-state index < -0.39 is 5.97 Å². The molecular weight excluding hydrogens is 442 g/mol. The predicted molar refractivity (Wildman–Crippen MR) is 142 cm³/mol. The number of esters is 2. The van der Waals surface area contributed by atoms with E-state index in [0.29, 0.717) is 25.5 Å². The highest BCUT2D eigenvalue weighted by molar-refractivity contribution is 5.82. The molecule has 0 heterocycles. The summed E-state index contributed by atoms with van der Waals surface area (Å²) in [6.45, 7) is 13.7. The summed E-state index contributed by atoms with van der Waals surface area (Å²) in [6, 6.07) is 20.1. The fourth-order valence-electron chi connectivity index (χ4n) is 2.64. The van der Waals surface area contributed by atoms with E-state index in [2.05, 4.69) is 16.6 Å². The molecule has 0 radical (unpaired) electrons. The lowest BCUT2D eigenvalue weighted by atomic mass is 10.1. The number of carbonyl (C=O) groups is 2. The van der Waals surface area contributed by atoms with Gasteiger partial charge in [-0.25, -0.2) is 4.79 Å². The number of nitrogens with one attached hydrogen (secondary N) is 1. The van der Waals surface area contributed by atoms with E-state index >= 15 is 0 Å². The second kappa shape index (κ2) is 18.8. The van der Waals surface area contributed by atoms with Gasteiger partial charge in [0.25, 0.3) is 0 Å². The normalized spacial score (nSPS) is 11.9. The van der Waals surface area contributed by atoms with Crippen LogP contribution in [-0.2, 0) is 19.1 Å². The van der Waals surface area contributed by atoms with E-state index in [1.807, 2.05) is 74.5 Å². The zero-order valence-corrected chi connectivity index (χ0v) is 21.6. The van der Waals surface area contributed by atoms with Gasteiger partial charge in [-0.15, -0.1) is 0 Å². The quantitative estimate of drug-likeness (QED) is 0.263. The van der Waals surface area contributed by atoms with E-state index in [1.54, 1.807) is 20.8 Å². The SMILES string of the molecule is C=C(C)CC(=O)OCC.CCOC(=O)/C=C(\N)N[C@@H](C)c1ccccc1.C[C@H](N)c1ccccc1. The molecule has 192 valence electrons. The zero-order valence-electron chi connectivity index (χ0n) is 21.6. The van der Waals surface area contributed by atoms with Crippen LogP contribution in [0, 0.1) is 0 Å². The first-order valence-corrected chi connectivity index (χ1v) is 11.7. The largest absolute Gasteiger partial charge is 0.466 e. The van der Waals surface area contributed by atoms with Crippen LogP contribution in [0.1, 0.15) is 64.3 Å². The molecule has 5 N–H and O–H groups in total. The topological polar surface area (TPSA) is 117 Å². The van der Waals surface area contributed by atoms with Crippen molar-refractivity contribution in [3.8, 4) is 0 Å². The Morgan fingerprint density at radius 2 is 1.43 bits per heavy atom. The highest BCUT2D eigenvalue weighted by Gasteiger charge is 2.05. The van der Waals surface area contributed by atoms with Gasteiger partial charge in [-0.3, -0.25) is 4.79 Å². The summed E-state index contributed by atoms with van der Waals surface area (Å²) in [7, 11) is 0. The predicted octanol–water partition coefficient (Wildman–Crippen LogP) is 4.92. The number of benzene rings is 2. The first-order chi connectivity index (χ1) is 16.6. The average Bonchev–Trinajstić information content (AvgIpc) is 2.80. The Balaban J connectivity index is 0.000000543. The molecule has 0 aromatic heterocycles. The standard InChI is InChI=1S/C13H18N2O2.C8H11N.C7H12O2/c1-3-17-13(16)9-12(14)15-10(2)11-7-5-4-6-8-11;1-7(9)8-5-3-2-4-6-8;1-4-9-7(8)5-6(2)3/h4-10,15H,3,14H2,1-2H3;2-7H,9H2,1H3;2,4-5H2,1,3H3/b12-9+;;/t10-;7-;/m00./s1. The smallest absolute Gasteiger partial charge is 0.334 e. The maximum absolute atomic E-state index is 11.2.